The van der Waals surface area contributed by atoms with Crippen molar-refractivity contribution in [1.29, 1.82) is 0 Å². The molecule has 7 heteroatoms. The summed E-state index contributed by atoms with van der Waals surface area (Å²) in [6.07, 6.45) is -0.979. The fourth-order valence-electron chi connectivity index (χ4n) is 0.491. The molecular formula is C9H20N2O5. The Kier molecular flexibility index (Phi) is 8.64. The number of carbonyl (C=O) groups is 2. The second-order valence-corrected chi connectivity index (χ2v) is 3.71. The lowest BCUT2D eigenvalue weighted by molar-refractivity contribution is -0.141. The van der Waals surface area contributed by atoms with Gasteiger partial charge in [0.2, 0.25) is 0 Å². The summed E-state index contributed by atoms with van der Waals surface area (Å²) in [5.74, 6) is -2.09. The normalized spacial score (nSPS) is 15.7. The summed E-state index contributed by atoms with van der Waals surface area (Å²) < 4.78 is 0. The number of hydrogen-bond donors (Lipinski definition) is 5. The summed E-state index contributed by atoms with van der Waals surface area (Å²) >= 11 is 0. The van der Waals surface area contributed by atoms with E-state index in [1.807, 2.05) is 0 Å². The maximum Gasteiger partial charge on any atom is 0.323 e. The van der Waals surface area contributed by atoms with Gasteiger partial charge in [-0.25, -0.2) is 0 Å². The average Bonchev–Trinajstić information content (AvgIpc) is 2.15. The minimum atomic E-state index is -1.18. The van der Waals surface area contributed by atoms with Gasteiger partial charge in [0.15, 0.2) is 0 Å². The van der Waals surface area contributed by atoms with E-state index in [2.05, 4.69) is 0 Å². The molecule has 16 heavy (non-hydrogen) atoms. The Morgan fingerprint density at radius 1 is 0.938 bits per heavy atom. The van der Waals surface area contributed by atoms with E-state index in [-0.39, 0.29) is 5.92 Å². The molecule has 2 unspecified atom stereocenters. The van der Waals surface area contributed by atoms with Crippen molar-refractivity contribution in [2.45, 2.75) is 39.0 Å². The molecule has 0 heterocycles. The van der Waals surface area contributed by atoms with Crippen molar-refractivity contribution in [3.8, 4) is 0 Å². The molecule has 3 atom stereocenters. The Bertz CT molecular complexity index is 206. The number of nitrogens with two attached hydrogens (primary N) is 2. The molecule has 0 amide bonds. The quantitative estimate of drug-likeness (QED) is 0.413. The second-order valence-electron chi connectivity index (χ2n) is 3.71. The van der Waals surface area contributed by atoms with Gasteiger partial charge in [0.05, 0.1) is 6.10 Å². The first kappa shape index (κ1) is 17.2. The van der Waals surface area contributed by atoms with Crippen LogP contribution in [0.1, 0.15) is 20.8 Å². The summed E-state index contributed by atoms with van der Waals surface area (Å²) in [5.41, 5.74) is 10.1. The maximum absolute atomic E-state index is 10.0. The van der Waals surface area contributed by atoms with E-state index in [1.165, 1.54) is 6.92 Å². The number of aliphatic hydroxyl groups excluding tert-OH is 1. The van der Waals surface area contributed by atoms with Crippen LogP contribution in [-0.4, -0.2) is 45.4 Å². The molecule has 7 N–H and O–H groups in total. The second kappa shape index (κ2) is 8.03. The maximum atomic E-state index is 10.0. The third-order valence-corrected chi connectivity index (χ3v) is 1.81. The molecule has 0 aromatic carbocycles. The zero-order chi connectivity index (χ0) is 13.5. The van der Waals surface area contributed by atoms with Gasteiger partial charge >= 0.3 is 11.9 Å². The van der Waals surface area contributed by atoms with Gasteiger partial charge < -0.3 is 26.8 Å². The molecule has 0 aliphatic rings. The average molecular weight is 236 g/mol. The van der Waals surface area contributed by atoms with Gasteiger partial charge in [0.1, 0.15) is 12.1 Å². The fraction of sp³-hybridized carbons (Fsp3) is 0.778. The summed E-state index contributed by atoms with van der Waals surface area (Å²) in [7, 11) is 0. The third-order valence-electron chi connectivity index (χ3n) is 1.81. The van der Waals surface area contributed by atoms with Crippen molar-refractivity contribution in [3.63, 3.8) is 0 Å². The molecule has 0 spiro atoms. The molecule has 0 rings (SSSR count). The van der Waals surface area contributed by atoms with Crippen LogP contribution < -0.4 is 11.5 Å². The van der Waals surface area contributed by atoms with Crippen LogP contribution in [0.3, 0.4) is 0 Å². The highest BCUT2D eigenvalue weighted by Crippen LogP contribution is 1.96. The van der Waals surface area contributed by atoms with E-state index < -0.39 is 30.1 Å². The molecule has 96 valence electrons. The van der Waals surface area contributed by atoms with Crippen LogP contribution in [0.25, 0.3) is 0 Å². The van der Waals surface area contributed by atoms with Crippen LogP contribution in [0, 0.1) is 5.92 Å². The Hall–Kier alpha value is -1.18. The van der Waals surface area contributed by atoms with E-state index in [1.54, 1.807) is 13.8 Å². The zero-order valence-electron chi connectivity index (χ0n) is 9.62. The molecule has 0 bridgehead atoms. The summed E-state index contributed by atoms with van der Waals surface area (Å²) in [4.78, 5) is 19.9. The molecule has 0 aromatic rings. The molecular weight excluding hydrogens is 216 g/mol. The Morgan fingerprint density at radius 2 is 1.25 bits per heavy atom. The van der Waals surface area contributed by atoms with E-state index in [9.17, 15) is 9.59 Å². The van der Waals surface area contributed by atoms with Gasteiger partial charge in [0.25, 0.3) is 0 Å². The monoisotopic (exact) mass is 236 g/mol. The lowest BCUT2D eigenvalue weighted by atomic mass is 10.1. The number of carboxylic acids is 2. The molecule has 0 aromatic heterocycles. The van der Waals surface area contributed by atoms with Gasteiger partial charge in [-0.05, 0) is 12.8 Å². The van der Waals surface area contributed by atoms with E-state index in [4.69, 9.17) is 26.8 Å². The van der Waals surface area contributed by atoms with Crippen LogP contribution in [0.15, 0.2) is 0 Å². The molecule has 0 radical (unpaired) electrons. The van der Waals surface area contributed by atoms with Gasteiger partial charge in [-0.1, -0.05) is 13.8 Å². The minimum absolute atomic E-state index is 0.0208. The largest absolute Gasteiger partial charge is 0.480 e. The van der Waals surface area contributed by atoms with Crippen LogP contribution in [0.2, 0.25) is 0 Å². The van der Waals surface area contributed by atoms with Crippen molar-refractivity contribution >= 4 is 11.9 Å². The van der Waals surface area contributed by atoms with Gasteiger partial charge in [-0.2, -0.15) is 0 Å². The zero-order valence-corrected chi connectivity index (χ0v) is 9.62. The lowest BCUT2D eigenvalue weighted by Crippen LogP contribution is -2.39. The van der Waals surface area contributed by atoms with Gasteiger partial charge in [-0.3, -0.25) is 9.59 Å². The Morgan fingerprint density at radius 3 is 1.25 bits per heavy atom. The summed E-state index contributed by atoms with van der Waals surface area (Å²) in [5, 5.41) is 24.8. The highest BCUT2D eigenvalue weighted by Gasteiger charge is 2.16. The van der Waals surface area contributed by atoms with E-state index in [0.717, 1.165) is 0 Å². The molecule has 0 saturated carbocycles. The van der Waals surface area contributed by atoms with Crippen LogP contribution in [0.5, 0.6) is 0 Å². The van der Waals surface area contributed by atoms with Crippen LogP contribution in [0.4, 0.5) is 0 Å². The number of carboxylic acid groups (broad SMARTS) is 2. The highest BCUT2D eigenvalue weighted by molar-refractivity contribution is 5.73. The predicted molar refractivity (Wildman–Crippen MR) is 57.7 cm³/mol. The fourth-order valence-corrected chi connectivity index (χ4v) is 0.491. The topological polar surface area (TPSA) is 147 Å². The summed E-state index contributed by atoms with van der Waals surface area (Å²) in [6.45, 7) is 4.89. The Balaban J connectivity index is 0. The number of rotatable bonds is 4. The van der Waals surface area contributed by atoms with Gasteiger partial charge in [-0.15, -0.1) is 0 Å². The standard InChI is InChI=1S/C5H11NO2.C4H9NO3/c1-3(2)4(6)5(7)8;1-2(6)3(5)4(7)8/h3-4H,6H2,1-2H3,(H,7,8);2-3,6H,5H2,1H3,(H,7,8)/t4-;/m0./s1. The van der Waals surface area contributed by atoms with E-state index in [0.29, 0.717) is 0 Å². The number of aliphatic hydroxyl groups is 1. The van der Waals surface area contributed by atoms with Crippen molar-refractivity contribution in [2.75, 3.05) is 0 Å². The lowest BCUT2D eigenvalue weighted by Gasteiger charge is -2.07. The minimum Gasteiger partial charge on any atom is -0.480 e. The molecule has 0 saturated heterocycles. The van der Waals surface area contributed by atoms with Gasteiger partial charge in [0, 0.05) is 0 Å². The first-order valence-corrected chi connectivity index (χ1v) is 4.76. The molecule has 0 fully saturated rings. The SMILES string of the molecule is CC(C)[C@H](N)C(=O)O.CC(O)C(N)C(=O)O. The van der Waals surface area contributed by atoms with Crippen molar-refractivity contribution in [2.24, 2.45) is 17.4 Å². The third kappa shape index (κ3) is 8.16. The van der Waals surface area contributed by atoms with E-state index >= 15 is 0 Å². The Labute approximate surface area is 94.1 Å². The number of aliphatic carboxylic acids is 2. The first-order chi connectivity index (χ1) is 7.11. The molecule has 7 nitrogen and oxygen atoms in total. The van der Waals surface area contributed by atoms with Crippen molar-refractivity contribution < 1.29 is 24.9 Å². The summed E-state index contributed by atoms with van der Waals surface area (Å²) in [6, 6.07) is -1.87. The first-order valence-electron chi connectivity index (χ1n) is 4.76. The smallest absolute Gasteiger partial charge is 0.323 e. The van der Waals surface area contributed by atoms with Crippen molar-refractivity contribution in [3.05, 3.63) is 0 Å². The van der Waals surface area contributed by atoms with Crippen LogP contribution >= 0.6 is 0 Å². The highest BCUT2D eigenvalue weighted by atomic mass is 16.4. The van der Waals surface area contributed by atoms with Crippen LogP contribution in [-0.2, 0) is 9.59 Å². The predicted octanol–water partition coefficient (Wildman–Crippen LogP) is -1.17. The molecule has 0 aliphatic carbocycles. The molecule has 0 aliphatic heterocycles. The number of hydrogen-bond acceptors (Lipinski definition) is 5. The van der Waals surface area contributed by atoms with Crippen molar-refractivity contribution in [1.82, 2.24) is 0 Å².